The second-order valence-corrected chi connectivity index (χ2v) is 5.50. The van der Waals surface area contributed by atoms with E-state index in [1.165, 1.54) is 12.8 Å². The summed E-state index contributed by atoms with van der Waals surface area (Å²) in [6.45, 7) is 2.75. The van der Waals surface area contributed by atoms with Crippen molar-refractivity contribution in [2.45, 2.75) is 25.3 Å². The second-order valence-electron chi connectivity index (χ2n) is 5.50. The van der Waals surface area contributed by atoms with Crippen LogP contribution < -0.4 is 5.32 Å². The number of halogens is 1. The average Bonchev–Trinajstić information content (AvgIpc) is 2.93. The third kappa shape index (κ3) is 3.10. The van der Waals surface area contributed by atoms with Gasteiger partial charge in [-0.2, -0.15) is 5.10 Å². The first kappa shape index (κ1) is 13.4. The molecule has 1 fully saturated rings. The molecule has 0 spiro atoms. The van der Waals surface area contributed by atoms with Gasteiger partial charge < -0.3 is 10.2 Å². The molecule has 3 rings (SSSR count). The number of benzene rings is 1. The molecule has 1 aromatic heterocycles. The van der Waals surface area contributed by atoms with Gasteiger partial charge >= 0.3 is 0 Å². The fourth-order valence-corrected chi connectivity index (χ4v) is 2.93. The number of aromatic nitrogens is 2. The number of piperidine rings is 1. The third-order valence-electron chi connectivity index (χ3n) is 3.92. The Morgan fingerprint density at radius 3 is 3.30 bits per heavy atom. The van der Waals surface area contributed by atoms with E-state index in [9.17, 15) is 4.39 Å². The monoisotopic (exact) mass is 276 g/mol. The Labute approximate surface area is 118 Å². The van der Waals surface area contributed by atoms with Crippen molar-refractivity contribution in [2.75, 3.05) is 31.6 Å². The minimum atomic E-state index is -0.217. The van der Waals surface area contributed by atoms with Crippen LogP contribution in [-0.2, 0) is 0 Å². The molecule has 1 saturated heterocycles. The first-order chi connectivity index (χ1) is 9.85. The molecule has 1 aliphatic rings. The van der Waals surface area contributed by atoms with Crippen molar-refractivity contribution < 1.29 is 4.39 Å². The number of fused-ring (bicyclic) bond motifs is 1. The number of likely N-dealkylation sites (tertiary alicyclic amines) is 1. The van der Waals surface area contributed by atoms with Crippen LogP contribution in [0.1, 0.15) is 19.3 Å². The molecule has 4 nitrogen and oxygen atoms in total. The number of nitrogens with one attached hydrogen (secondary N) is 2. The van der Waals surface area contributed by atoms with Crippen LogP contribution in [0.25, 0.3) is 10.9 Å². The third-order valence-corrected chi connectivity index (χ3v) is 3.92. The Morgan fingerprint density at radius 2 is 2.40 bits per heavy atom. The number of aromatic amines is 1. The minimum Gasteiger partial charge on any atom is -0.381 e. The summed E-state index contributed by atoms with van der Waals surface area (Å²) in [7, 11) is 0. The Kier molecular flexibility index (Phi) is 4.16. The van der Waals surface area contributed by atoms with Crippen LogP contribution in [0.15, 0.2) is 24.4 Å². The van der Waals surface area contributed by atoms with Crippen LogP contribution in [-0.4, -0.2) is 47.4 Å². The maximum absolute atomic E-state index is 12.3. The Morgan fingerprint density at radius 1 is 1.45 bits per heavy atom. The maximum atomic E-state index is 12.3. The molecular formula is C15H21FN4. The first-order valence-electron chi connectivity index (χ1n) is 7.33. The lowest BCUT2D eigenvalue weighted by atomic mass is 10.0. The molecule has 2 aromatic rings. The average molecular weight is 276 g/mol. The maximum Gasteiger partial charge on any atom is 0.0906 e. The van der Waals surface area contributed by atoms with Gasteiger partial charge in [0, 0.05) is 30.2 Å². The van der Waals surface area contributed by atoms with E-state index in [1.807, 2.05) is 12.3 Å². The van der Waals surface area contributed by atoms with Gasteiger partial charge in [0.25, 0.3) is 0 Å². The number of H-pyrrole nitrogens is 1. The van der Waals surface area contributed by atoms with E-state index < -0.39 is 0 Å². The zero-order chi connectivity index (χ0) is 13.8. The number of anilines is 1. The summed E-state index contributed by atoms with van der Waals surface area (Å²) in [5.41, 5.74) is 2.19. The van der Waals surface area contributed by atoms with Gasteiger partial charge in [0.1, 0.15) is 0 Å². The normalized spacial score (nSPS) is 20.4. The summed E-state index contributed by atoms with van der Waals surface area (Å²) < 4.78 is 12.3. The number of hydrogen-bond acceptors (Lipinski definition) is 3. The Bertz CT molecular complexity index is 554. The highest BCUT2D eigenvalue weighted by atomic mass is 19.1. The molecule has 20 heavy (non-hydrogen) atoms. The SMILES string of the molecule is FCCCN1CCCC(Nc2ccc3[nH]ncc3c2)C1. The zero-order valence-corrected chi connectivity index (χ0v) is 11.6. The summed E-state index contributed by atoms with van der Waals surface area (Å²) in [4.78, 5) is 2.36. The van der Waals surface area contributed by atoms with Crippen LogP contribution in [0.5, 0.6) is 0 Å². The number of alkyl halides is 1. The van der Waals surface area contributed by atoms with Crippen LogP contribution in [0.2, 0.25) is 0 Å². The van der Waals surface area contributed by atoms with Crippen LogP contribution in [0.4, 0.5) is 10.1 Å². The van der Waals surface area contributed by atoms with Crippen LogP contribution in [0.3, 0.4) is 0 Å². The van der Waals surface area contributed by atoms with Crippen molar-refractivity contribution >= 4 is 16.6 Å². The van der Waals surface area contributed by atoms with Crippen molar-refractivity contribution in [1.29, 1.82) is 0 Å². The van der Waals surface area contributed by atoms with Gasteiger partial charge in [-0.25, -0.2) is 0 Å². The molecule has 2 N–H and O–H groups in total. The van der Waals surface area contributed by atoms with E-state index >= 15 is 0 Å². The molecule has 0 bridgehead atoms. The van der Waals surface area contributed by atoms with E-state index in [1.54, 1.807) is 0 Å². The lowest BCUT2D eigenvalue weighted by molar-refractivity contribution is 0.207. The Hall–Kier alpha value is -1.62. The first-order valence-corrected chi connectivity index (χ1v) is 7.33. The highest BCUT2D eigenvalue weighted by Gasteiger charge is 2.19. The molecule has 5 heteroatoms. The van der Waals surface area contributed by atoms with Gasteiger partial charge in [-0.3, -0.25) is 9.49 Å². The summed E-state index contributed by atoms with van der Waals surface area (Å²) >= 11 is 0. The minimum absolute atomic E-state index is 0.217. The standard InChI is InChI=1S/C15H21FN4/c16-6-2-8-20-7-1-3-14(11-20)18-13-4-5-15-12(9-13)10-17-19-15/h4-5,9-10,14,18H,1-3,6-8,11H2,(H,17,19). The molecule has 2 heterocycles. The van der Waals surface area contributed by atoms with E-state index in [0.717, 1.165) is 36.2 Å². The van der Waals surface area contributed by atoms with Crippen LogP contribution in [0, 0.1) is 0 Å². The Balaban J connectivity index is 1.61. The summed E-state index contributed by atoms with van der Waals surface area (Å²) in [6.07, 6.45) is 4.84. The van der Waals surface area contributed by atoms with Gasteiger partial charge in [0.2, 0.25) is 0 Å². The fourth-order valence-electron chi connectivity index (χ4n) is 2.93. The van der Waals surface area contributed by atoms with Crippen molar-refractivity contribution in [3.63, 3.8) is 0 Å². The van der Waals surface area contributed by atoms with Gasteiger partial charge in [-0.1, -0.05) is 0 Å². The molecule has 0 saturated carbocycles. The van der Waals surface area contributed by atoms with Gasteiger partial charge in [-0.15, -0.1) is 0 Å². The number of rotatable bonds is 5. The zero-order valence-electron chi connectivity index (χ0n) is 11.6. The molecule has 1 atom stereocenters. The van der Waals surface area contributed by atoms with Crippen molar-refractivity contribution in [2.24, 2.45) is 0 Å². The van der Waals surface area contributed by atoms with E-state index in [2.05, 4.69) is 32.5 Å². The largest absolute Gasteiger partial charge is 0.381 e. The van der Waals surface area contributed by atoms with E-state index in [0.29, 0.717) is 12.5 Å². The topological polar surface area (TPSA) is 44.0 Å². The van der Waals surface area contributed by atoms with Gasteiger partial charge in [-0.05, 0) is 44.0 Å². The van der Waals surface area contributed by atoms with Gasteiger partial charge in [0.05, 0.1) is 18.4 Å². The predicted molar refractivity (Wildman–Crippen MR) is 79.8 cm³/mol. The summed E-state index contributed by atoms with van der Waals surface area (Å²) in [5, 5.41) is 11.7. The molecule has 0 radical (unpaired) electrons. The van der Waals surface area contributed by atoms with E-state index in [4.69, 9.17) is 0 Å². The quantitative estimate of drug-likeness (QED) is 0.882. The molecule has 0 amide bonds. The molecular weight excluding hydrogens is 255 g/mol. The lowest BCUT2D eigenvalue weighted by Gasteiger charge is -2.33. The molecule has 1 aliphatic heterocycles. The van der Waals surface area contributed by atoms with E-state index in [-0.39, 0.29) is 6.67 Å². The predicted octanol–water partition coefficient (Wildman–Crippen LogP) is 2.80. The van der Waals surface area contributed by atoms with Crippen molar-refractivity contribution in [3.05, 3.63) is 24.4 Å². The van der Waals surface area contributed by atoms with Crippen molar-refractivity contribution in [1.82, 2.24) is 15.1 Å². The highest BCUT2D eigenvalue weighted by molar-refractivity contribution is 5.81. The molecule has 108 valence electrons. The molecule has 0 aliphatic carbocycles. The molecule has 1 aromatic carbocycles. The number of hydrogen-bond donors (Lipinski definition) is 2. The number of nitrogens with zero attached hydrogens (tertiary/aromatic N) is 2. The lowest BCUT2D eigenvalue weighted by Crippen LogP contribution is -2.42. The molecule has 1 unspecified atom stereocenters. The second kappa shape index (κ2) is 6.22. The van der Waals surface area contributed by atoms with Crippen LogP contribution >= 0.6 is 0 Å². The smallest absolute Gasteiger partial charge is 0.0906 e. The fraction of sp³-hybridized carbons (Fsp3) is 0.533. The summed E-state index contributed by atoms with van der Waals surface area (Å²) in [6, 6.07) is 6.71. The van der Waals surface area contributed by atoms with Crippen molar-refractivity contribution in [3.8, 4) is 0 Å². The highest BCUT2D eigenvalue weighted by Crippen LogP contribution is 2.20. The van der Waals surface area contributed by atoms with Gasteiger partial charge in [0.15, 0.2) is 0 Å². The summed E-state index contributed by atoms with van der Waals surface area (Å²) in [5.74, 6) is 0.